The highest BCUT2D eigenvalue weighted by atomic mass is 35.5. The lowest BCUT2D eigenvalue weighted by Gasteiger charge is -2.19. The first-order valence-corrected chi connectivity index (χ1v) is 5.92. The van der Waals surface area contributed by atoms with E-state index in [1.807, 2.05) is 0 Å². The van der Waals surface area contributed by atoms with Crippen LogP contribution < -0.4 is 5.32 Å². The smallest absolute Gasteiger partial charge is 0.247 e. The van der Waals surface area contributed by atoms with E-state index in [1.165, 1.54) is 0 Å². The van der Waals surface area contributed by atoms with E-state index in [-0.39, 0.29) is 17.9 Å². The molecule has 1 fully saturated rings. The number of nitrogens with zero attached hydrogens (tertiary/aromatic N) is 1. The highest BCUT2D eigenvalue weighted by Crippen LogP contribution is 2.30. The number of rotatable bonds is 0. The molecule has 0 spiro atoms. The molecule has 0 aliphatic carbocycles. The van der Waals surface area contributed by atoms with Crippen molar-refractivity contribution in [2.45, 2.75) is 25.4 Å². The minimum Gasteiger partial charge on any atom is -0.326 e. The molecule has 1 aromatic rings. The van der Waals surface area contributed by atoms with Gasteiger partial charge in [0, 0.05) is 23.7 Å². The number of benzene rings is 1. The quantitative estimate of drug-likeness (QED) is 0.763. The zero-order chi connectivity index (χ0) is 12.0. The SMILES string of the molecule is O=C1Nc2ccc(Cl)cc2CN2C(=O)CC[C@@H]12. The molecule has 2 heterocycles. The summed E-state index contributed by atoms with van der Waals surface area (Å²) < 4.78 is 0. The van der Waals surface area contributed by atoms with Gasteiger partial charge in [0.2, 0.25) is 11.8 Å². The van der Waals surface area contributed by atoms with Gasteiger partial charge in [0.25, 0.3) is 0 Å². The van der Waals surface area contributed by atoms with Crippen LogP contribution in [0, 0.1) is 0 Å². The van der Waals surface area contributed by atoms with Crippen molar-refractivity contribution >= 4 is 29.1 Å². The first-order chi connectivity index (χ1) is 8.15. The van der Waals surface area contributed by atoms with E-state index in [0.717, 1.165) is 11.3 Å². The number of fused-ring (bicyclic) bond motifs is 2. The molecule has 0 saturated carbocycles. The van der Waals surface area contributed by atoms with Gasteiger partial charge in [0.1, 0.15) is 6.04 Å². The van der Waals surface area contributed by atoms with Gasteiger partial charge in [0.15, 0.2) is 0 Å². The predicted molar refractivity (Wildman–Crippen MR) is 63.7 cm³/mol. The van der Waals surface area contributed by atoms with Crippen LogP contribution in [-0.2, 0) is 16.1 Å². The van der Waals surface area contributed by atoms with E-state index in [0.29, 0.717) is 24.4 Å². The molecule has 0 aromatic heterocycles. The molecule has 3 rings (SSSR count). The molecule has 5 heteroatoms. The monoisotopic (exact) mass is 250 g/mol. The summed E-state index contributed by atoms with van der Waals surface area (Å²) >= 11 is 5.93. The fourth-order valence-electron chi connectivity index (χ4n) is 2.42. The first-order valence-electron chi connectivity index (χ1n) is 5.54. The van der Waals surface area contributed by atoms with Crippen molar-refractivity contribution in [3.8, 4) is 0 Å². The van der Waals surface area contributed by atoms with Gasteiger partial charge in [0.05, 0.1) is 0 Å². The maximum absolute atomic E-state index is 12.0. The largest absolute Gasteiger partial charge is 0.326 e. The minimum absolute atomic E-state index is 0.0398. The third kappa shape index (κ3) is 1.69. The summed E-state index contributed by atoms with van der Waals surface area (Å²) in [6, 6.07) is 4.99. The molecule has 1 N–H and O–H groups in total. The van der Waals surface area contributed by atoms with Crippen LogP contribution in [-0.4, -0.2) is 22.8 Å². The van der Waals surface area contributed by atoms with Crippen LogP contribution in [0.25, 0.3) is 0 Å². The topological polar surface area (TPSA) is 49.4 Å². The first kappa shape index (κ1) is 10.6. The Kier molecular flexibility index (Phi) is 2.33. The number of amides is 2. The standard InChI is InChI=1S/C12H11ClN2O2/c13-8-1-2-9-7(5-8)6-15-10(12(17)14-9)3-4-11(15)16/h1-2,5,10H,3-4,6H2,(H,14,17)/t10-/m0/s1. The van der Waals surface area contributed by atoms with E-state index < -0.39 is 0 Å². The van der Waals surface area contributed by atoms with Crippen molar-refractivity contribution in [3.05, 3.63) is 28.8 Å². The van der Waals surface area contributed by atoms with Gasteiger partial charge < -0.3 is 10.2 Å². The van der Waals surface area contributed by atoms with E-state index in [4.69, 9.17) is 11.6 Å². The summed E-state index contributed by atoms with van der Waals surface area (Å²) in [5.41, 5.74) is 1.64. The molecular weight excluding hydrogens is 240 g/mol. The molecule has 0 bridgehead atoms. The summed E-state index contributed by atoms with van der Waals surface area (Å²) in [5, 5.41) is 3.46. The lowest BCUT2D eigenvalue weighted by Crippen LogP contribution is -2.38. The molecule has 88 valence electrons. The molecule has 4 nitrogen and oxygen atoms in total. The Hall–Kier alpha value is -1.55. The molecular formula is C12H11ClN2O2. The Labute approximate surface area is 104 Å². The van der Waals surface area contributed by atoms with Crippen LogP contribution in [0.2, 0.25) is 5.02 Å². The van der Waals surface area contributed by atoms with Gasteiger partial charge in [-0.2, -0.15) is 0 Å². The third-order valence-corrected chi connectivity index (χ3v) is 3.53. The van der Waals surface area contributed by atoms with E-state index in [2.05, 4.69) is 5.32 Å². The van der Waals surface area contributed by atoms with Gasteiger partial charge >= 0.3 is 0 Å². The van der Waals surface area contributed by atoms with Crippen molar-refractivity contribution in [2.24, 2.45) is 0 Å². The average molecular weight is 251 g/mol. The molecule has 1 aromatic carbocycles. The molecule has 1 saturated heterocycles. The molecule has 1 atom stereocenters. The second-order valence-corrected chi connectivity index (χ2v) is 4.80. The highest BCUT2D eigenvalue weighted by Gasteiger charge is 2.38. The Morgan fingerprint density at radius 1 is 1.35 bits per heavy atom. The molecule has 0 unspecified atom stereocenters. The number of halogens is 1. The van der Waals surface area contributed by atoms with Crippen molar-refractivity contribution < 1.29 is 9.59 Å². The number of carbonyl (C=O) groups is 2. The highest BCUT2D eigenvalue weighted by molar-refractivity contribution is 6.30. The predicted octanol–water partition coefficient (Wildman–Crippen LogP) is 1.78. The zero-order valence-electron chi connectivity index (χ0n) is 9.07. The number of anilines is 1. The second-order valence-electron chi connectivity index (χ2n) is 4.37. The van der Waals surface area contributed by atoms with Crippen LogP contribution in [0.15, 0.2) is 18.2 Å². The van der Waals surface area contributed by atoms with Crippen LogP contribution in [0.3, 0.4) is 0 Å². The molecule has 17 heavy (non-hydrogen) atoms. The third-order valence-electron chi connectivity index (χ3n) is 3.30. The van der Waals surface area contributed by atoms with E-state index >= 15 is 0 Å². The summed E-state index contributed by atoms with van der Waals surface area (Å²) in [5.74, 6) is -0.0603. The van der Waals surface area contributed by atoms with Gasteiger partial charge in [-0.25, -0.2) is 0 Å². The van der Waals surface area contributed by atoms with Gasteiger partial charge in [-0.3, -0.25) is 9.59 Å². The minimum atomic E-state index is -0.325. The van der Waals surface area contributed by atoms with Gasteiger partial charge in [-0.1, -0.05) is 11.6 Å². The van der Waals surface area contributed by atoms with E-state index in [1.54, 1.807) is 23.1 Å². The number of nitrogens with one attached hydrogen (secondary N) is 1. The Balaban J connectivity index is 2.05. The summed E-state index contributed by atoms with van der Waals surface area (Å²) in [7, 11) is 0. The molecule has 2 amide bonds. The second kappa shape index (κ2) is 3.74. The lowest BCUT2D eigenvalue weighted by molar-refractivity contribution is -0.133. The summed E-state index contributed by atoms with van der Waals surface area (Å²) in [6.45, 7) is 0.456. The van der Waals surface area contributed by atoms with Crippen molar-refractivity contribution in [3.63, 3.8) is 0 Å². The fraction of sp³-hybridized carbons (Fsp3) is 0.333. The number of carbonyl (C=O) groups excluding carboxylic acids is 2. The van der Waals surface area contributed by atoms with Crippen molar-refractivity contribution in [1.82, 2.24) is 4.90 Å². The van der Waals surface area contributed by atoms with Crippen LogP contribution >= 0.6 is 11.6 Å². The average Bonchev–Trinajstić information content (AvgIpc) is 2.57. The Morgan fingerprint density at radius 3 is 3.00 bits per heavy atom. The van der Waals surface area contributed by atoms with Crippen molar-refractivity contribution in [1.29, 1.82) is 0 Å². The number of hydrogen-bond acceptors (Lipinski definition) is 2. The maximum Gasteiger partial charge on any atom is 0.247 e. The van der Waals surface area contributed by atoms with E-state index in [9.17, 15) is 9.59 Å². The van der Waals surface area contributed by atoms with Crippen LogP contribution in [0.5, 0.6) is 0 Å². The molecule has 2 aliphatic heterocycles. The Bertz CT molecular complexity index is 515. The van der Waals surface area contributed by atoms with Crippen LogP contribution in [0.4, 0.5) is 5.69 Å². The summed E-state index contributed by atoms with van der Waals surface area (Å²) in [6.07, 6.45) is 1.06. The molecule has 2 aliphatic rings. The Morgan fingerprint density at radius 2 is 2.18 bits per heavy atom. The van der Waals surface area contributed by atoms with Crippen LogP contribution in [0.1, 0.15) is 18.4 Å². The number of hydrogen-bond donors (Lipinski definition) is 1. The normalized spacial score (nSPS) is 22.9. The summed E-state index contributed by atoms with van der Waals surface area (Å²) in [4.78, 5) is 25.3. The zero-order valence-corrected chi connectivity index (χ0v) is 9.83. The van der Waals surface area contributed by atoms with Crippen molar-refractivity contribution in [2.75, 3.05) is 5.32 Å². The lowest BCUT2D eigenvalue weighted by atomic mass is 10.1. The fourth-order valence-corrected chi connectivity index (χ4v) is 2.61. The maximum atomic E-state index is 12.0. The molecule has 0 radical (unpaired) electrons. The van der Waals surface area contributed by atoms with Gasteiger partial charge in [-0.15, -0.1) is 0 Å². The van der Waals surface area contributed by atoms with Gasteiger partial charge in [-0.05, 0) is 30.2 Å².